The number of anilines is 2. The van der Waals surface area contributed by atoms with Crippen molar-refractivity contribution in [2.75, 3.05) is 23.1 Å². The van der Waals surface area contributed by atoms with Crippen LogP contribution in [0, 0.1) is 0 Å². The van der Waals surface area contributed by atoms with E-state index in [2.05, 4.69) is 15.0 Å². The van der Waals surface area contributed by atoms with Crippen LogP contribution in [0.4, 0.5) is 16.2 Å². The van der Waals surface area contributed by atoms with E-state index >= 15 is 0 Å². The topological polar surface area (TPSA) is 54.0 Å². The average molecular weight is 311 g/mol. The summed E-state index contributed by atoms with van der Waals surface area (Å²) in [5.74, 6) is 0. The van der Waals surface area contributed by atoms with Crippen molar-refractivity contribution in [1.82, 2.24) is 4.37 Å². The smallest absolute Gasteiger partial charge is 0.308 e. The van der Waals surface area contributed by atoms with E-state index < -0.39 is 0 Å². The maximum atomic E-state index is 12.0. The maximum absolute atomic E-state index is 12.0. The molecule has 2 aromatic rings. The second-order valence-electron chi connectivity index (χ2n) is 3.50. The molecule has 0 bridgehead atoms. The number of carbonyl (C=O) groups is 1. The molecule has 0 spiro atoms. The van der Waals surface area contributed by atoms with Crippen LogP contribution in [0.3, 0.4) is 0 Å². The van der Waals surface area contributed by atoms with E-state index in [1.807, 2.05) is 42.8 Å². The molecule has 0 unspecified atom stereocenters. The van der Waals surface area contributed by atoms with Gasteiger partial charge in [0.1, 0.15) is 14.9 Å². The van der Waals surface area contributed by atoms with Crippen molar-refractivity contribution in [3.05, 3.63) is 30.3 Å². The fourth-order valence-electron chi connectivity index (χ4n) is 1.44. The molecule has 7 heteroatoms. The van der Waals surface area contributed by atoms with Gasteiger partial charge in [0.25, 0.3) is 0 Å². The first kappa shape index (κ1) is 14.2. The van der Waals surface area contributed by atoms with Crippen molar-refractivity contribution < 1.29 is 4.79 Å². The Bertz CT molecular complexity index is 535. The third-order valence-electron chi connectivity index (χ3n) is 2.28. The quantitative estimate of drug-likeness (QED) is 0.830. The highest BCUT2D eigenvalue weighted by molar-refractivity contribution is 8.01. The number of amides is 2. The molecule has 1 heterocycles. The lowest BCUT2D eigenvalue weighted by atomic mass is 10.3. The lowest BCUT2D eigenvalue weighted by Gasteiger charge is -2.08. The van der Waals surface area contributed by atoms with E-state index in [1.165, 1.54) is 23.3 Å². The molecule has 19 heavy (non-hydrogen) atoms. The number of thioether (sulfide) groups is 2. The van der Waals surface area contributed by atoms with Crippen molar-refractivity contribution >= 4 is 52.5 Å². The van der Waals surface area contributed by atoms with Gasteiger partial charge in [-0.2, -0.15) is 4.37 Å². The number of aromatic nitrogens is 1. The Kier molecular flexibility index (Phi) is 5.12. The second kappa shape index (κ2) is 6.83. The second-order valence-corrected chi connectivity index (χ2v) is 6.15. The number of carbonyl (C=O) groups excluding carboxylic acids is 1. The maximum Gasteiger partial charge on any atom is 0.323 e. The van der Waals surface area contributed by atoms with Gasteiger partial charge in [-0.15, -0.1) is 23.5 Å². The molecule has 100 valence electrons. The number of nitrogens with one attached hydrogen (secondary N) is 2. The molecule has 0 radical (unpaired) electrons. The van der Waals surface area contributed by atoms with Crippen molar-refractivity contribution in [2.24, 2.45) is 0 Å². The molecule has 0 aliphatic rings. The molecule has 0 fully saturated rings. The molecule has 1 aromatic heterocycles. The van der Waals surface area contributed by atoms with Gasteiger partial charge >= 0.3 is 6.03 Å². The number of urea groups is 1. The Balaban J connectivity index is 2.08. The number of rotatable bonds is 4. The monoisotopic (exact) mass is 311 g/mol. The standard InChI is InChI=1S/C12H13N3OS3/c1-17-10-9(11(18-2)19-15-10)14-12(16)13-8-6-4-3-5-7-8/h3-7H,1-2H3,(H2,13,14,16). The number of para-hydroxylation sites is 1. The van der Waals surface area contributed by atoms with Crippen LogP contribution in [0.1, 0.15) is 0 Å². The number of hydrogen-bond donors (Lipinski definition) is 2. The SMILES string of the molecule is CSc1nsc(SC)c1NC(=O)Nc1ccccc1. The summed E-state index contributed by atoms with van der Waals surface area (Å²) in [5, 5.41) is 6.50. The normalized spacial score (nSPS) is 10.2. The third kappa shape index (κ3) is 3.65. The number of benzene rings is 1. The third-order valence-corrected chi connectivity index (χ3v) is 5.02. The highest BCUT2D eigenvalue weighted by atomic mass is 32.2. The summed E-state index contributed by atoms with van der Waals surface area (Å²) in [6.45, 7) is 0. The lowest BCUT2D eigenvalue weighted by molar-refractivity contribution is 0.262. The molecule has 4 nitrogen and oxygen atoms in total. The first-order valence-corrected chi connectivity index (χ1v) is 8.67. The molecule has 0 saturated carbocycles. The predicted octanol–water partition coefficient (Wildman–Crippen LogP) is 4.23. The molecule has 0 saturated heterocycles. The molecule has 0 aliphatic carbocycles. The minimum Gasteiger partial charge on any atom is -0.308 e. The fourth-order valence-corrected chi connectivity index (χ4v) is 3.60. The highest BCUT2D eigenvalue weighted by Crippen LogP contribution is 2.37. The summed E-state index contributed by atoms with van der Waals surface area (Å²) < 4.78 is 5.31. The van der Waals surface area contributed by atoms with Crippen molar-refractivity contribution in [3.63, 3.8) is 0 Å². The molecule has 2 amide bonds. The van der Waals surface area contributed by atoms with Crippen LogP contribution in [0.15, 0.2) is 39.6 Å². The van der Waals surface area contributed by atoms with Crippen LogP contribution in [-0.4, -0.2) is 22.9 Å². The van der Waals surface area contributed by atoms with Crippen LogP contribution in [-0.2, 0) is 0 Å². The summed E-state index contributed by atoms with van der Waals surface area (Å²) in [6, 6.07) is 9.10. The van der Waals surface area contributed by atoms with E-state index in [4.69, 9.17) is 0 Å². The van der Waals surface area contributed by atoms with Gasteiger partial charge in [0, 0.05) is 5.69 Å². The Labute approximate surface area is 124 Å². The Morgan fingerprint density at radius 1 is 1.16 bits per heavy atom. The van der Waals surface area contributed by atoms with Gasteiger partial charge in [0.15, 0.2) is 0 Å². The lowest BCUT2D eigenvalue weighted by Crippen LogP contribution is -2.19. The summed E-state index contributed by atoms with van der Waals surface area (Å²) >= 11 is 4.50. The molecule has 2 rings (SSSR count). The summed E-state index contributed by atoms with van der Waals surface area (Å²) in [4.78, 5) is 12.0. The van der Waals surface area contributed by atoms with E-state index in [1.54, 1.807) is 11.8 Å². The Morgan fingerprint density at radius 3 is 2.53 bits per heavy atom. The number of nitrogens with zero attached hydrogens (tertiary/aromatic N) is 1. The van der Waals surface area contributed by atoms with Gasteiger partial charge < -0.3 is 10.6 Å². The summed E-state index contributed by atoms with van der Waals surface area (Å²) in [5.41, 5.74) is 1.55. The van der Waals surface area contributed by atoms with Crippen LogP contribution >= 0.6 is 35.1 Å². The molecule has 0 atom stereocenters. The van der Waals surface area contributed by atoms with Crippen molar-refractivity contribution in [3.8, 4) is 0 Å². The van der Waals surface area contributed by atoms with Gasteiger partial charge in [-0.3, -0.25) is 0 Å². The average Bonchev–Trinajstić information content (AvgIpc) is 2.81. The largest absolute Gasteiger partial charge is 0.323 e. The summed E-state index contributed by atoms with van der Waals surface area (Å²) in [7, 11) is 0. The molecular formula is C12H13N3OS3. The van der Waals surface area contributed by atoms with Gasteiger partial charge in [0.2, 0.25) is 0 Å². The number of hydrogen-bond acceptors (Lipinski definition) is 5. The molecular weight excluding hydrogens is 298 g/mol. The minimum atomic E-state index is -0.253. The van der Waals surface area contributed by atoms with Crippen molar-refractivity contribution in [2.45, 2.75) is 9.24 Å². The van der Waals surface area contributed by atoms with Gasteiger partial charge in [-0.1, -0.05) is 18.2 Å². The van der Waals surface area contributed by atoms with E-state index in [0.717, 1.165) is 20.6 Å². The Hall–Kier alpha value is -1.18. The van der Waals surface area contributed by atoms with E-state index in [-0.39, 0.29) is 6.03 Å². The first-order chi connectivity index (χ1) is 9.24. The van der Waals surface area contributed by atoms with Gasteiger partial charge in [-0.05, 0) is 36.2 Å². The zero-order valence-corrected chi connectivity index (χ0v) is 12.9. The van der Waals surface area contributed by atoms with Gasteiger partial charge in [-0.25, -0.2) is 4.79 Å². The molecule has 2 N–H and O–H groups in total. The molecule has 1 aromatic carbocycles. The Morgan fingerprint density at radius 2 is 1.89 bits per heavy atom. The zero-order valence-electron chi connectivity index (χ0n) is 10.5. The van der Waals surface area contributed by atoms with Gasteiger partial charge in [0.05, 0.1) is 0 Å². The van der Waals surface area contributed by atoms with Crippen molar-refractivity contribution in [1.29, 1.82) is 0 Å². The molecule has 0 aliphatic heterocycles. The summed E-state index contributed by atoms with van der Waals surface area (Å²) in [6.07, 6.45) is 3.91. The first-order valence-electron chi connectivity index (χ1n) is 5.45. The van der Waals surface area contributed by atoms with Crippen LogP contribution in [0.5, 0.6) is 0 Å². The zero-order chi connectivity index (χ0) is 13.7. The van der Waals surface area contributed by atoms with Crippen LogP contribution in [0.2, 0.25) is 0 Å². The van der Waals surface area contributed by atoms with Crippen LogP contribution in [0.25, 0.3) is 0 Å². The minimum absolute atomic E-state index is 0.253. The van der Waals surface area contributed by atoms with E-state index in [0.29, 0.717) is 0 Å². The van der Waals surface area contributed by atoms with Crippen LogP contribution < -0.4 is 10.6 Å². The fraction of sp³-hybridized carbons (Fsp3) is 0.167. The van der Waals surface area contributed by atoms with E-state index in [9.17, 15) is 4.79 Å². The highest BCUT2D eigenvalue weighted by Gasteiger charge is 2.15. The predicted molar refractivity (Wildman–Crippen MR) is 84.8 cm³/mol.